The second kappa shape index (κ2) is 7.24. The first kappa shape index (κ1) is 16.3. The van der Waals surface area contributed by atoms with Crippen LogP contribution in [0.4, 0.5) is 10.5 Å². The highest BCUT2D eigenvalue weighted by molar-refractivity contribution is 7.99. The molecule has 1 atom stereocenters. The summed E-state index contributed by atoms with van der Waals surface area (Å²) in [5.74, 6) is 0.870. The molecule has 0 aliphatic carbocycles. The van der Waals surface area contributed by atoms with Crippen LogP contribution in [0, 0.1) is 0 Å². The Bertz CT molecular complexity index is 539. The summed E-state index contributed by atoms with van der Waals surface area (Å²) in [6.45, 7) is 0. The minimum atomic E-state index is -1.13. The van der Waals surface area contributed by atoms with Gasteiger partial charge in [0.1, 0.15) is 0 Å². The maximum absolute atomic E-state index is 11.9. The van der Waals surface area contributed by atoms with Crippen molar-refractivity contribution in [1.82, 2.24) is 5.32 Å². The van der Waals surface area contributed by atoms with E-state index in [0.717, 1.165) is 24.3 Å². The molecule has 8 heteroatoms. The molecule has 2 amide bonds. The van der Waals surface area contributed by atoms with Gasteiger partial charge < -0.3 is 15.7 Å². The molecule has 0 saturated carbocycles. The number of carboxylic acids is 1. The van der Waals surface area contributed by atoms with Crippen molar-refractivity contribution in [2.45, 2.75) is 18.9 Å². The Hall–Kier alpha value is -1.11. The summed E-state index contributed by atoms with van der Waals surface area (Å²) in [5, 5.41) is 14.5. The van der Waals surface area contributed by atoms with Crippen LogP contribution >= 0.6 is 35.0 Å². The van der Waals surface area contributed by atoms with E-state index in [1.807, 2.05) is 0 Å². The molecule has 1 aliphatic heterocycles. The Balaban J connectivity index is 2.04. The van der Waals surface area contributed by atoms with Crippen molar-refractivity contribution in [2.75, 3.05) is 16.8 Å². The van der Waals surface area contributed by atoms with Crippen molar-refractivity contribution in [3.8, 4) is 0 Å². The van der Waals surface area contributed by atoms with Gasteiger partial charge in [0.15, 0.2) is 0 Å². The summed E-state index contributed by atoms with van der Waals surface area (Å²) in [5.41, 5.74) is 0.184. The van der Waals surface area contributed by atoms with E-state index in [1.54, 1.807) is 11.8 Å². The smallest absolute Gasteiger partial charge is 0.335 e. The number of carbonyl (C=O) groups is 2. The van der Waals surface area contributed by atoms with Crippen molar-refractivity contribution in [3.05, 3.63) is 27.7 Å². The number of hydrogen-bond donors (Lipinski definition) is 3. The number of carboxylic acid groups (broad SMARTS) is 1. The standard InChI is InChI=1S/C13H14Cl2N2O3S/c14-9-4-7(12(18)19)5-10(15)11(9)17-13(20)16-8-2-1-3-21-6-8/h4-5,8H,1-3,6H2,(H,18,19)(H2,16,17,20). The normalized spacial score (nSPS) is 18.1. The predicted molar refractivity (Wildman–Crippen MR) is 85.9 cm³/mol. The predicted octanol–water partition coefficient (Wildman–Crippen LogP) is 3.71. The summed E-state index contributed by atoms with van der Waals surface area (Å²) >= 11 is 13.7. The number of rotatable bonds is 3. The molecule has 1 heterocycles. The van der Waals surface area contributed by atoms with Crippen molar-refractivity contribution in [3.63, 3.8) is 0 Å². The van der Waals surface area contributed by atoms with E-state index in [4.69, 9.17) is 28.3 Å². The van der Waals surface area contributed by atoms with E-state index in [9.17, 15) is 9.59 Å². The van der Waals surface area contributed by atoms with Crippen LogP contribution in [0.5, 0.6) is 0 Å². The average Bonchev–Trinajstić information content (AvgIpc) is 2.43. The third kappa shape index (κ3) is 4.43. The van der Waals surface area contributed by atoms with Crippen molar-refractivity contribution >= 4 is 52.7 Å². The number of halogens is 2. The van der Waals surface area contributed by atoms with Crippen LogP contribution in [0.3, 0.4) is 0 Å². The van der Waals surface area contributed by atoms with Gasteiger partial charge in [-0.05, 0) is 30.7 Å². The number of thioether (sulfide) groups is 1. The molecule has 0 bridgehead atoms. The summed E-state index contributed by atoms with van der Waals surface area (Å²) < 4.78 is 0. The molecule has 1 unspecified atom stereocenters. The third-order valence-corrected chi connectivity index (χ3v) is 4.83. The molecule has 1 aromatic rings. The molecular weight excluding hydrogens is 335 g/mol. The van der Waals surface area contributed by atoms with E-state index < -0.39 is 12.0 Å². The van der Waals surface area contributed by atoms with Gasteiger partial charge in [-0.25, -0.2) is 9.59 Å². The summed E-state index contributed by atoms with van der Waals surface area (Å²) in [4.78, 5) is 22.8. The monoisotopic (exact) mass is 348 g/mol. The van der Waals surface area contributed by atoms with E-state index in [-0.39, 0.29) is 27.3 Å². The number of aromatic carboxylic acids is 1. The first-order chi connectivity index (χ1) is 9.97. The van der Waals surface area contributed by atoms with Crippen LogP contribution in [-0.2, 0) is 0 Å². The second-order valence-corrected chi connectivity index (χ2v) is 6.60. The van der Waals surface area contributed by atoms with Crippen molar-refractivity contribution < 1.29 is 14.7 Å². The Morgan fingerprint density at radius 3 is 2.48 bits per heavy atom. The molecule has 5 nitrogen and oxygen atoms in total. The molecule has 2 rings (SSSR count). The fourth-order valence-electron chi connectivity index (χ4n) is 2.01. The van der Waals surface area contributed by atoms with Crippen LogP contribution in [0.1, 0.15) is 23.2 Å². The molecule has 0 aromatic heterocycles. The van der Waals surface area contributed by atoms with Gasteiger partial charge >= 0.3 is 12.0 Å². The summed E-state index contributed by atoms with van der Waals surface area (Å²) in [7, 11) is 0. The minimum Gasteiger partial charge on any atom is -0.478 e. The van der Waals surface area contributed by atoms with E-state index in [0.29, 0.717) is 0 Å². The third-order valence-electron chi connectivity index (χ3n) is 3.02. The maximum atomic E-state index is 11.9. The molecule has 0 radical (unpaired) electrons. The summed E-state index contributed by atoms with van der Waals surface area (Å²) in [6.07, 6.45) is 2.02. The van der Waals surface area contributed by atoms with E-state index in [1.165, 1.54) is 12.1 Å². The Kier molecular flexibility index (Phi) is 5.61. The largest absolute Gasteiger partial charge is 0.478 e. The number of nitrogens with one attached hydrogen (secondary N) is 2. The molecule has 1 saturated heterocycles. The Labute approximate surface area is 136 Å². The van der Waals surface area contributed by atoms with Crippen LogP contribution < -0.4 is 10.6 Å². The molecule has 114 valence electrons. The van der Waals surface area contributed by atoms with E-state index >= 15 is 0 Å². The number of carbonyl (C=O) groups excluding carboxylic acids is 1. The average molecular weight is 349 g/mol. The first-order valence-corrected chi connectivity index (χ1v) is 8.26. The Morgan fingerprint density at radius 2 is 1.95 bits per heavy atom. The minimum absolute atomic E-state index is 0.0281. The number of anilines is 1. The molecule has 21 heavy (non-hydrogen) atoms. The van der Waals surface area contributed by atoms with Crippen LogP contribution in [0.2, 0.25) is 10.0 Å². The number of urea groups is 1. The molecule has 1 aromatic carbocycles. The van der Waals surface area contributed by atoms with E-state index in [2.05, 4.69) is 10.6 Å². The number of benzene rings is 1. The van der Waals surface area contributed by atoms with Crippen LogP contribution in [-0.4, -0.2) is 34.7 Å². The zero-order valence-corrected chi connectivity index (χ0v) is 13.3. The summed E-state index contributed by atoms with van der Waals surface area (Å²) in [6, 6.07) is 2.23. The van der Waals surface area contributed by atoms with Crippen LogP contribution in [0.25, 0.3) is 0 Å². The maximum Gasteiger partial charge on any atom is 0.335 e. The van der Waals surface area contributed by atoms with Gasteiger partial charge in [0, 0.05) is 11.8 Å². The zero-order valence-electron chi connectivity index (χ0n) is 11.0. The highest BCUT2D eigenvalue weighted by Gasteiger charge is 2.18. The topological polar surface area (TPSA) is 78.4 Å². The van der Waals surface area contributed by atoms with Gasteiger partial charge in [-0.3, -0.25) is 0 Å². The lowest BCUT2D eigenvalue weighted by atomic mass is 10.2. The van der Waals surface area contributed by atoms with Crippen molar-refractivity contribution in [2.24, 2.45) is 0 Å². The Morgan fingerprint density at radius 1 is 1.29 bits per heavy atom. The number of hydrogen-bond acceptors (Lipinski definition) is 3. The van der Waals surface area contributed by atoms with Gasteiger partial charge in [0.05, 0.1) is 21.3 Å². The van der Waals surface area contributed by atoms with Crippen molar-refractivity contribution in [1.29, 1.82) is 0 Å². The fourth-order valence-corrected chi connectivity index (χ4v) is 3.66. The highest BCUT2D eigenvalue weighted by atomic mass is 35.5. The fraction of sp³-hybridized carbons (Fsp3) is 0.385. The molecule has 0 spiro atoms. The van der Waals surface area contributed by atoms with Gasteiger partial charge in [0.2, 0.25) is 0 Å². The van der Waals surface area contributed by atoms with Gasteiger partial charge in [0.25, 0.3) is 0 Å². The quantitative estimate of drug-likeness (QED) is 0.777. The van der Waals surface area contributed by atoms with Gasteiger partial charge in [-0.2, -0.15) is 11.8 Å². The first-order valence-electron chi connectivity index (χ1n) is 6.35. The highest BCUT2D eigenvalue weighted by Crippen LogP contribution is 2.32. The van der Waals surface area contributed by atoms with Gasteiger partial charge in [-0.1, -0.05) is 23.2 Å². The lowest BCUT2D eigenvalue weighted by molar-refractivity contribution is 0.0697. The lowest BCUT2D eigenvalue weighted by Crippen LogP contribution is -2.40. The lowest BCUT2D eigenvalue weighted by Gasteiger charge is -2.22. The SMILES string of the molecule is O=C(Nc1c(Cl)cc(C(=O)O)cc1Cl)NC1CCCSC1. The van der Waals surface area contributed by atoms with Gasteiger partial charge in [-0.15, -0.1) is 0 Å². The molecular formula is C13H14Cl2N2O3S. The zero-order chi connectivity index (χ0) is 15.4. The molecule has 1 aliphatic rings. The molecule has 3 N–H and O–H groups in total. The number of amides is 2. The van der Waals surface area contributed by atoms with Crippen LogP contribution in [0.15, 0.2) is 12.1 Å². The molecule has 1 fully saturated rings. The second-order valence-electron chi connectivity index (χ2n) is 4.63.